The van der Waals surface area contributed by atoms with Crippen molar-refractivity contribution in [3.63, 3.8) is 0 Å². The van der Waals surface area contributed by atoms with E-state index in [1.54, 1.807) is 17.9 Å². The Hall–Kier alpha value is -1.08. The van der Waals surface area contributed by atoms with Crippen LogP contribution in [0.3, 0.4) is 0 Å². The van der Waals surface area contributed by atoms with Gasteiger partial charge in [0.2, 0.25) is 10.0 Å². The molecule has 1 rings (SSSR count). The Kier molecular flexibility index (Phi) is 4.95. The summed E-state index contributed by atoms with van der Waals surface area (Å²) in [5, 5.41) is 12.8. The zero-order chi connectivity index (χ0) is 12.9. The SMILES string of the molecule is CCc1nn(C)cc1NS(=O)(=O)CCCCO. The summed E-state index contributed by atoms with van der Waals surface area (Å²) in [6.45, 7) is 1.94. The van der Waals surface area contributed by atoms with E-state index in [1.165, 1.54) is 0 Å². The summed E-state index contributed by atoms with van der Waals surface area (Å²) in [4.78, 5) is 0. The number of hydrogen-bond acceptors (Lipinski definition) is 4. The topological polar surface area (TPSA) is 84.2 Å². The monoisotopic (exact) mass is 261 g/mol. The maximum atomic E-state index is 11.7. The van der Waals surface area contributed by atoms with Crippen molar-refractivity contribution < 1.29 is 13.5 Å². The second-order valence-electron chi connectivity index (χ2n) is 3.87. The first-order valence-corrected chi connectivity index (χ1v) is 7.27. The number of aromatic nitrogens is 2. The number of aliphatic hydroxyl groups is 1. The van der Waals surface area contributed by atoms with Crippen molar-refractivity contribution in [3.8, 4) is 0 Å². The number of aliphatic hydroxyl groups excluding tert-OH is 1. The predicted octanol–water partition coefficient (Wildman–Crippen LogP) is 0.497. The summed E-state index contributed by atoms with van der Waals surface area (Å²) in [6, 6.07) is 0. The number of anilines is 1. The van der Waals surface area contributed by atoms with Crippen LogP contribution in [0.4, 0.5) is 5.69 Å². The molecule has 2 N–H and O–H groups in total. The molecule has 0 atom stereocenters. The van der Waals surface area contributed by atoms with Crippen LogP contribution in [0.25, 0.3) is 0 Å². The molecule has 0 unspecified atom stereocenters. The number of rotatable bonds is 7. The van der Waals surface area contributed by atoms with Gasteiger partial charge in [-0.25, -0.2) is 8.42 Å². The molecule has 1 aromatic rings. The Morgan fingerprint density at radius 1 is 1.47 bits per heavy atom. The minimum atomic E-state index is -3.34. The van der Waals surface area contributed by atoms with E-state index in [4.69, 9.17) is 5.11 Å². The third-order valence-electron chi connectivity index (χ3n) is 2.33. The molecule has 0 bridgehead atoms. The average Bonchev–Trinajstić information content (AvgIpc) is 2.58. The lowest BCUT2D eigenvalue weighted by atomic mass is 10.3. The Morgan fingerprint density at radius 3 is 2.76 bits per heavy atom. The highest BCUT2D eigenvalue weighted by Gasteiger charge is 2.14. The highest BCUT2D eigenvalue weighted by atomic mass is 32.2. The highest BCUT2D eigenvalue weighted by molar-refractivity contribution is 7.92. The van der Waals surface area contributed by atoms with Crippen molar-refractivity contribution in [2.75, 3.05) is 17.1 Å². The van der Waals surface area contributed by atoms with Gasteiger partial charge in [0.15, 0.2) is 0 Å². The van der Waals surface area contributed by atoms with Crippen molar-refractivity contribution >= 4 is 15.7 Å². The fourth-order valence-electron chi connectivity index (χ4n) is 1.50. The van der Waals surface area contributed by atoms with Crippen LogP contribution in [0, 0.1) is 0 Å². The van der Waals surface area contributed by atoms with E-state index in [0.717, 1.165) is 5.69 Å². The van der Waals surface area contributed by atoms with Crippen LogP contribution >= 0.6 is 0 Å². The van der Waals surface area contributed by atoms with Crippen molar-refractivity contribution in [3.05, 3.63) is 11.9 Å². The van der Waals surface area contributed by atoms with Crippen molar-refractivity contribution in [1.29, 1.82) is 0 Å². The number of hydrogen-bond donors (Lipinski definition) is 2. The summed E-state index contributed by atoms with van der Waals surface area (Å²) in [6.07, 6.45) is 3.28. The molecule has 0 amide bonds. The Labute approximate surface area is 102 Å². The molecule has 0 spiro atoms. The normalized spacial score (nSPS) is 11.7. The van der Waals surface area contributed by atoms with Gasteiger partial charge in [-0.15, -0.1) is 0 Å². The van der Waals surface area contributed by atoms with Gasteiger partial charge >= 0.3 is 0 Å². The van der Waals surface area contributed by atoms with Gasteiger partial charge in [-0.05, 0) is 19.3 Å². The first kappa shape index (κ1) is 14.0. The van der Waals surface area contributed by atoms with Gasteiger partial charge in [0.1, 0.15) is 0 Å². The second-order valence-corrected chi connectivity index (χ2v) is 5.71. The summed E-state index contributed by atoms with van der Waals surface area (Å²) in [5.74, 6) is 0.0195. The number of unbranched alkanes of at least 4 members (excludes halogenated alkanes) is 1. The van der Waals surface area contributed by atoms with E-state index < -0.39 is 10.0 Å². The third-order valence-corrected chi connectivity index (χ3v) is 3.68. The second kappa shape index (κ2) is 6.02. The van der Waals surface area contributed by atoms with E-state index in [-0.39, 0.29) is 12.4 Å². The van der Waals surface area contributed by atoms with Gasteiger partial charge in [0.05, 0.1) is 17.1 Å². The minimum Gasteiger partial charge on any atom is -0.396 e. The van der Waals surface area contributed by atoms with E-state index in [9.17, 15) is 8.42 Å². The summed E-state index contributed by atoms with van der Waals surface area (Å²) in [7, 11) is -1.59. The maximum absolute atomic E-state index is 11.7. The Balaban J connectivity index is 2.69. The van der Waals surface area contributed by atoms with Gasteiger partial charge in [0.25, 0.3) is 0 Å². The van der Waals surface area contributed by atoms with Crippen LogP contribution in [-0.4, -0.2) is 35.7 Å². The Morgan fingerprint density at radius 2 is 2.18 bits per heavy atom. The molecule has 1 heterocycles. The van der Waals surface area contributed by atoms with Crippen molar-refractivity contribution in [1.82, 2.24) is 9.78 Å². The average molecular weight is 261 g/mol. The quantitative estimate of drug-likeness (QED) is 0.700. The molecule has 0 saturated carbocycles. The molecule has 0 saturated heterocycles. The predicted molar refractivity (Wildman–Crippen MR) is 66.3 cm³/mol. The zero-order valence-corrected chi connectivity index (χ0v) is 11.0. The van der Waals surface area contributed by atoms with Gasteiger partial charge in [-0.2, -0.15) is 5.10 Å². The van der Waals surface area contributed by atoms with E-state index in [2.05, 4.69) is 9.82 Å². The number of sulfonamides is 1. The first-order valence-electron chi connectivity index (χ1n) is 5.62. The zero-order valence-electron chi connectivity index (χ0n) is 10.2. The van der Waals surface area contributed by atoms with Crippen molar-refractivity contribution in [2.24, 2.45) is 7.05 Å². The maximum Gasteiger partial charge on any atom is 0.232 e. The number of aryl methyl sites for hydroxylation is 2. The molecule has 0 aromatic carbocycles. The van der Waals surface area contributed by atoms with Crippen LogP contribution in [0.1, 0.15) is 25.5 Å². The molecular weight excluding hydrogens is 242 g/mol. The largest absolute Gasteiger partial charge is 0.396 e. The lowest BCUT2D eigenvalue weighted by Crippen LogP contribution is -2.17. The minimum absolute atomic E-state index is 0.0165. The molecule has 0 aliphatic rings. The summed E-state index contributed by atoms with van der Waals surface area (Å²) >= 11 is 0. The third kappa shape index (κ3) is 4.35. The van der Waals surface area contributed by atoms with E-state index in [0.29, 0.717) is 24.9 Å². The summed E-state index contributed by atoms with van der Waals surface area (Å²) in [5.41, 5.74) is 1.28. The molecule has 1 aromatic heterocycles. The van der Waals surface area contributed by atoms with Crippen LogP contribution in [0.2, 0.25) is 0 Å². The number of nitrogens with one attached hydrogen (secondary N) is 1. The molecular formula is C10H19N3O3S. The first-order chi connectivity index (χ1) is 7.98. The number of nitrogens with zero attached hydrogens (tertiary/aromatic N) is 2. The van der Waals surface area contributed by atoms with Crippen LogP contribution in [0.5, 0.6) is 0 Å². The molecule has 17 heavy (non-hydrogen) atoms. The van der Waals surface area contributed by atoms with Gasteiger partial charge in [0, 0.05) is 19.9 Å². The van der Waals surface area contributed by atoms with Gasteiger partial charge in [-0.3, -0.25) is 9.40 Å². The smallest absolute Gasteiger partial charge is 0.232 e. The summed E-state index contributed by atoms with van der Waals surface area (Å²) < 4.78 is 27.6. The molecule has 6 nitrogen and oxygen atoms in total. The lowest BCUT2D eigenvalue weighted by molar-refractivity contribution is 0.287. The fraction of sp³-hybridized carbons (Fsp3) is 0.700. The highest BCUT2D eigenvalue weighted by Crippen LogP contribution is 2.15. The van der Waals surface area contributed by atoms with E-state index >= 15 is 0 Å². The van der Waals surface area contributed by atoms with Crippen molar-refractivity contribution in [2.45, 2.75) is 26.2 Å². The van der Waals surface area contributed by atoms with Gasteiger partial charge in [-0.1, -0.05) is 6.92 Å². The Bertz CT molecular complexity index is 453. The molecule has 0 aliphatic heterocycles. The van der Waals surface area contributed by atoms with Crippen LogP contribution in [-0.2, 0) is 23.5 Å². The van der Waals surface area contributed by atoms with Crippen LogP contribution in [0.15, 0.2) is 6.20 Å². The van der Waals surface area contributed by atoms with Gasteiger partial charge < -0.3 is 5.11 Å². The van der Waals surface area contributed by atoms with Crippen LogP contribution < -0.4 is 4.72 Å². The standard InChI is InChI=1S/C10H19N3O3S/c1-3-9-10(8-13(2)11-9)12-17(15,16)7-5-4-6-14/h8,12,14H,3-7H2,1-2H3. The fourth-order valence-corrected chi connectivity index (χ4v) is 2.70. The molecule has 0 aliphatic carbocycles. The van der Waals surface area contributed by atoms with E-state index in [1.807, 2.05) is 6.92 Å². The molecule has 0 fully saturated rings. The lowest BCUT2D eigenvalue weighted by Gasteiger charge is -2.06. The molecule has 7 heteroatoms. The molecule has 98 valence electrons. The molecule has 0 radical (unpaired) electrons.